The number of ether oxygens (including phenoxy) is 2. The summed E-state index contributed by atoms with van der Waals surface area (Å²) in [5.74, 6) is 0.771. The van der Waals surface area contributed by atoms with Crippen LogP contribution in [0.4, 0.5) is 4.79 Å². The van der Waals surface area contributed by atoms with Crippen LogP contribution >= 0.6 is 0 Å². The predicted octanol–water partition coefficient (Wildman–Crippen LogP) is 4.54. The summed E-state index contributed by atoms with van der Waals surface area (Å²) in [7, 11) is 0. The summed E-state index contributed by atoms with van der Waals surface area (Å²) < 4.78 is 10.9. The van der Waals surface area contributed by atoms with Crippen LogP contribution in [0.5, 0.6) is 5.75 Å². The Morgan fingerprint density at radius 1 is 0.964 bits per heavy atom. The van der Waals surface area contributed by atoms with Crippen LogP contribution in [0.2, 0.25) is 0 Å². The number of benzene rings is 2. The van der Waals surface area contributed by atoms with E-state index in [2.05, 4.69) is 29.6 Å². The van der Waals surface area contributed by atoms with E-state index in [4.69, 9.17) is 15.2 Å². The van der Waals surface area contributed by atoms with Crippen molar-refractivity contribution in [1.82, 2.24) is 5.32 Å². The molecule has 2 aromatic carbocycles. The number of hydrogen-bond donors (Lipinski definition) is 2. The molecule has 2 aromatic rings. The average molecular weight is 385 g/mol. The Morgan fingerprint density at radius 2 is 1.57 bits per heavy atom. The number of hydrogen-bond acceptors (Lipinski definition) is 4. The summed E-state index contributed by atoms with van der Waals surface area (Å²) in [4.78, 5) is 11.6. The lowest BCUT2D eigenvalue weighted by Crippen LogP contribution is -2.34. The zero-order valence-electron chi connectivity index (χ0n) is 17.2. The molecule has 0 radical (unpaired) electrons. The maximum atomic E-state index is 11.6. The van der Waals surface area contributed by atoms with Gasteiger partial charge in [-0.05, 0) is 75.4 Å². The van der Waals surface area contributed by atoms with Gasteiger partial charge in [-0.15, -0.1) is 0 Å². The lowest BCUT2D eigenvalue weighted by Gasteiger charge is -2.19. The van der Waals surface area contributed by atoms with Crippen LogP contribution in [0.25, 0.3) is 11.1 Å². The molecular weight excluding hydrogens is 352 g/mol. The number of carbonyl (C=O) groups is 1. The summed E-state index contributed by atoms with van der Waals surface area (Å²) in [6, 6.07) is 16.6. The van der Waals surface area contributed by atoms with Crippen LogP contribution in [-0.4, -0.2) is 31.4 Å². The SMILES string of the molecule is CC(C)(C)OC(=O)NCCOc1ccc(-c2ccc(CCCCN)cc2)cc1. The van der Waals surface area contributed by atoms with E-state index in [1.807, 2.05) is 45.0 Å². The molecule has 0 saturated carbocycles. The molecule has 0 aromatic heterocycles. The fourth-order valence-corrected chi connectivity index (χ4v) is 2.72. The highest BCUT2D eigenvalue weighted by Gasteiger charge is 2.15. The first-order valence-electron chi connectivity index (χ1n) is 9.86. The van der Waals surface area contributed by atoms with Crippen molar-refractivity contribution in [1.29, 1.82) is 0 Å². The van der Waals surface area contributed by atoms with Crippen molar-refractivity contribution in [2.75, 3.05) is 19.7 Å². The molecule has 5 heteroatoms. The third kappa shape index (κ3) is 8.01. The quantitative estimate of drug-likeness (QED) is 0.623. The molecule has 1 amide bonds. The molecule has 28 heavy (non-hydrogen) atoms. The second-order valence-electron chi connectivity index (χ2n) is 7.74. The highest BCUT2D eigenvalue weighted by atomic mass is 16.6. The van der Waals surface area contributed by atoms with Crippen LogP contribution in [-0.2, 0) is 11.2 Å². The Balaban J connectivity index is 1.77. The molecule has 0 saturated heterocycles. The van der Waals surface area contributed by atoms with Crippen molar-refractivity contribution < 1.29 is 14.3 Å². The van der Waals surface area contributed by atoms with Gasteiger partial charge in [-0.2, -0.15) is 0 Å². The maximum absolute atomic E-state index is 11.6. The number of amides is 1. The van der Waals surface area contributed by atoms with E-state index in [0.717, 1.165) is 37.1 Å². The average Bonchev–Trinajstić information content (AvgIpc) is 2.65. The molecule has 0 atom stereocenters. The van der Waals surface area contributed by atoms with Gasteiger partial charge in [0.2, 0.25) is 0 Å². The van der Waals surface area contributed by atoms with Gasteiger partial charge in [-0.3, -0.25) is 0 Å². The largest absolute Gasteiger partial charge is 0.492 e. The molecule has 0 fully saturated rings. The molecule has 0 aliphatic heterocycles. The molecule has 0 spiro atoms. The number of nitrogens with one attached hydrogen (secondary N) is 1. The number of alkyl carbamates (subject to hydrolysis) is 1. The first-order chi connectivity index (χ1) is 13.4. The summed E-state index contributed by atoms with van der Waals surface area (Å²) >= 11 is 0. The molecule has 0 aliphatic rings. The summed E-state index contributed by atoms with van der Waals surface area (Å²) in [6.07, 6.45) is 2.83. The van der Waals surface area contributed by atoms with Gasteiger partial charge in [0.1, 0.15) is 18.0 Å². The van der Waals surface area contributed by atoms with Gasteiger partial charge in [0, 0.05) is 0 Å². The Labute approximate surface area is 168 Å². The highest BCUT2D eigenvalue weighted by Crippen LogP contribution is 2.23. The Bertz CT molecular complexity index is 719. The number of nitrogens with two attached hydrogens (primary N) is 1. The van der Waals surface area contributed by atoms with Crippen molar-refractivity contribution in [2.24, 2.45) is 5.73 Å². The van der Waals surface area contributed by atoms with Crippen molar-refractivity contribution >= 4 is 6.09 Å². The van der Waals surface area contributed by atoms with Gasteiger partial charge in [0.05, 0.1) is 6.54 Å². The molecule has 0 heterocycles. The van der Waals surface area contributed by atoms with Gasteiger partial charge < -0.3 is 20.5 Å². The van der Waals surface area contributed by atoms with Crippen molar-refractivity contribution in [2.45, 2.75) is 45.6 Å². The predicted molar refractivity (Wildman–Crippen MR) is 114 cm³/mol. The smallest absolute Gasteiger partial charge is 0.407 e. The van der Waals surface area contributed by atoms with Gasteiger partial charge in [-0.1, -0.05) is 36.4 Å². The Hall–Kier alpha value is -2.53. The normalized spacial score (nSPS) is 11.1. The fourth-order valence-electron chi connectivity index (χ4n) is 2.72. The van der Waals surface area contributed by atoms with E-state index in [1.165, 1.54) is 11.1 Å². The van der Waals surface area contributed by atoms with Crippen LogP contribution in [0.1, 0.15) is 39.2 Å². The third-order valence-electron chi connectivity index (χ3n) is 4.10. The second kappa shape index (κ2) is 10.7. The summed E-state index contributed by atoms with van der Waals surface area (Å²) in [5, 5.41) is 2.68. The summed E-state index contributed by atoms with van der Waals surface area (Å²) in [5.41, 5.74) is 8.72. The van der Waals surface area contributed by atoms with Gasteiger partial charge >= 0.3 is 6.09 Å². The van der Waals surface area contributed by atoms with Crippen molar-refractivity contribution in [3.63, 3.8) is 0 Å². The monoisotopic (exact) mass is 384 g/mol. The van der Waals surface area contributed by atoms with E-state index >= 15 is 0 Å². The van der Waals surface area contributed by atoms with Crippen LogP contribution in [0, 0.1) is 0 Å². The molecule has 0 bridgehead atoms. The Kier molecular flexibility index (Phi) is 8.33. The van der Waals surface area contributed by atoms with E-state index in [1.54, 1.807) is 0 Å². The molecule has 152 valence electrons. The highest BCUT2D eigenvalue weighted by molar-refractivity contribution is 5.67. The zero-order chi connectivity index (χ0) is 20.4. The van der Waals surface area contributed by atoms with E-state index in [-0.39, 0.29) is 0 Å². The van der Waals surface area contributed by atoms with Gasteiger partial charge in [0.25, 0.3) is 0 Å². The lowest BCUT2D eigenvalue weighted by atomic mass is 10.0. The number of unbranched alkanes of at least 4 members (excludes halogenated alkanes) is 1. The van der Waals surface area contributed by atoms with E-state index in [0.29, 0.717) is 13.2 Å². The first-order valence-corrected chi connectivity index (χ1v) is 9.86. The maximum Gasteiger partial charge on any atom is 0.407 e. The molecule has 0 aliphatic carbocycles. The first kappa shape index (κ1) is 21.8. The standard InChI is InChI=1S/C23H32N2O3/c1-23(2,3)28-22(26)25-16-17-27-21-13-11-20(12-14-21)19-9-7-18(8-10-19)6-4-5-15-24/h7-14H,4-6,15-17,24H2,1-3H3,(H,25,26). The number of rotatable bonds is 9. The van der Waals surface area contributed by atoms with Crippen LogP contribution < -0.4 is 15.8 Å². The third-order valence-corrected chi connectivity index (χ3v) is 4.10. The summed E-state index contributed by atoms with van der Waals surface area (Å²) in [6.45, 7) is 7.03. The number of aryl methyl sites for hydroxylation is 1. The zero-order valence-corrected chi connectivity index (χ0v) is 17.2. The fraction of sp³-hybridized carbons (Fsp3) is 0.435. The van der Waals surface area contributed by atoms with Crippen LogP contribution in [0.15, 0.2) is 48.5 Å². The van der Waals surface area contributed by atoms with Gasteiger partial charge in [-0.25, -0.2) is 4.79 Å². The molecule has 5 nitrogen and oxygen atoms in total. The van der Waals surface area contributed by atoms with Crippen molar-refractivity contribution in [3.8, 4) is 16.9 Å². The molecule has 0 unspecified atom stereocenters. The van der Waals surface area contributed by atoms with E-state index < -0.39 is 11.7 Å². The van der Waals surface area contributed by atoms with Crippen molar-refractivity contribution in [3.05, 3.63) is 54.1 Å². The topological polar surface area (TPSA) is 73.6 Å². The second-order valence-corrected chi connectivity index (χ2v) is 7.74. The number of carbonyl (C=O) groups excluding carboxylic acids is 1. The van der Waals surface area contributed by atoms with Gasteiger partial charge in [0.15, 0.2) is 0 Å². The molecular formula is C23H32N2O3. The minimum absolute atomic E-state index is 0.385. The van der Waals surface area contributed by atoms with E-state index in [9.17, 15) is 4.79 Å². The minimum Gasteiger partial charge on any atom is -0.492 e. The molecule has 2 rings (SSSR count). The molecule has 3 N–H and O–H groups in total. The lowest BCUT2D eigenvalue weighted by molar-refractivity contribution is 0.0520. The Morgan fingerprint density at radius 3 is 2.14 bits per heavy atom. The van der Waals surface area contributed by atoms with Crippen LogP contribution in [0.3, 0.4) is 0 Å². The minimum atomic E-state index is -0.497.